The summed E-state index contributed by atoms with van der Waals surface area (Å²) in [5.74, 6) is 0. The SMILES string of the molecule is OCc1c(Sc2ncnc3nc[nH]c23)nc2sccn12. The van der Waals surface area contributed by atoms with Crippen LogP contribution in [0.15, 0.2) is 34.3 Å². The number of nitrogens with one attached hydrogen (secondary N) is 1. The summed E-state index contributed by atoms with van der Waals surface area (Å²) in [6.07, 6.45) is 4.96. The quantitative estimate of drug-likeness (QED) is 0.560. The Kier molecular flexibility index (Phi) is 2.69. The van der Waals surface area contributed by atoms with E-state index >= 15 is 0 Å². The molecule has 2 N–H and O–H groups in total. The molecule has 7 nitrogen and oxygen atoms in total. The van der Waals surface area contributed by atoms with Crippen molar-refractivity contribution >= 4 is 39.2 Å². The Morgan fingerprint density at radius 1 is 1.30 bits per heavy atom. The van der Waals surface area contributed by atoms with Crippen molar-refractivity contribution in [3.8, 4) is 0 Å². The summed E-state index contributed by atoms with van der Waals surface area (Å²) in [5.41, 5.74) is 2.16. The fourth-order valence-corrected chi connectivity index (χ4v) is 3.69. The highest BCUT2D eigenvalue weighted by Gasteiger charge is 2.16. The third kappa shape index (κ3) is 1.71. The Hall–Kier alpha value is -1.97. The second-order valence-electron chi connectivity index (χ2n) is 3.96. The minimum absolute atomic E-state index is 0.0720. The monoisotopic (exact) mass is 304 g/mol. The van der Waals surface area contributed by atoms with Crippen molar-refractivity contribution in [2.45, 2.75) is 16.7 Å². The van der Waals surface area contributed by atoms with Crippen LogP contribution in [-0.4, -0.2) is 34.4 Å². The van der Waals surface area contributed by atoms with Crippen LogP contribution in [0.2, 0.25) is 0 Å². The zero-order chi connectivity index (χ0) is 13.5. The van der Waals surface area contributed by atoms with E-state index in [9.17, 15) is 5.11 Å². The first-order valence-corrected chi connectivity index (χ1v) is 7.43. The third-order valence-electron chi connectivity index (χ3n) is 2.86. The number of aliphatic hydroxyl groups excluding tert-OH is 1. The molecular weight excluding hydrogens is 296 g/mol. The van der Waals surface area contributed by atoms with Gasteiger partial charge < -0.3 is 10.1 Å². The van der Waals surface area contributed by atoms with Gasteiger partial charge in [0.1, 0.15) is 21.9 Å². The molecule has 4 aromatic heterocycles. The van der Waals surface area contributed by atoms with E-state index in [2.05, 4.69) is 24.9 Å². The van der Waals surface area contributed by atoms with Crippen LogP contribution in [0.4, 0.5) is 0 Å². The molecule has 0 unspecified atom stereocenters. The Morgan fingerprint density at radius 2 is 2.25 bits per heavy atom. The first kappa shape index (κ1) is 11.8. The normalized spacial score (nSPS) is 11.7. The summed E-state index contributed by atoms with van der Waals surface area (Å²) in [5, 5.41) is 13.0. The van der Waals surface area contributed by atoms with E-state index in [1.807, 2.05) is 16.0 Å². The molecule has 0 bridgehead atoms. The maximum atomic E-state index is 9.55. The molecule has 0 radical (unpaired) electrons. The highest BCUT2D eigenvalue weighted by atomic mass is 32.2. The number of hydrogen-bond donors (Lipinski definition) is 2. The van der Waals surface area contributed by atoms with Crippen LogP contribution in [0, 0.1) is 0 Å². The van der Waals surface area contributed by atoms with Crippen molar-refractivity contribution < 1.29 is 5.11 Å². The molecule has 0 atom stereocenters. The molecule has 4 aromatic rings. The van der Waals surface area contributed by atoms with Gasteiger partial charge in [-0.3, -0.25) is 4.40 Å². The maximum absolute atomic E-state index is 9.55. The lowest BCUT2D eigenvalue weighted by molar-refractivity contribution is 0.272. The molecule has 0 aliphatic rings. The van der Waals surface area contributed by atoms with Crippen molar-refractivity contribution in [3.63, 3.8) is 0 Å². The van der Waals surface area contributed by atoms with Crippen LogP contribution in [0.3, 0.4) is 0 Å². The van der Waals surface area contributed by atoms with Crippen molar-refractivity contribution in [1.82, 2.24) is 29.3 Å². The number of aromatic nitrogens is 6. The average Bonchev–Trinajstić information content (AvgIpc) is 3.12. The van der Waals surface area contributed by atoms with Crippen LogP contribution >= 0.6 is 23.1 Å². The summed E-state index contributed by atoms with van der Waals surface area (Å²) in [6, 6.07) is 0. The fraction of sp³-hybridized carbons (Fsp3) is 0.0909. The molecule has 0 amide bonds. The summed E-state index contributed by atoms with van der Waals surface area (Å²) in [6.45, 7) is -0.0720. The molecule has 100 valence electrons. The molecule has 4 rings (SSSR count). The van der Waals surface area contributed by atoms with Crippen LogP contribution in [0.5, 0.6) is 0 Å². The van der Waals surface area contributed by atoms with Crippen molar-refractivity contribution in [1.29, 1.82) is 0 Å². The molecule has 0 aliphatic heterocycles. The van der Waals surface area contributed by atoms with Crippen LogP contribution in [0.1, 0.15) is 5.69 Å². The van der Waals surface area contributed by atoms with E-state index in [4.69, 9.17) is 0 Å². The highest BCUT2D eigenvalue weighted by molar-refractivity contribution is 7.99. The summed E-state index contributed by atoms with van der Waals surface area (Å²) < 4.78 is 1.89. The average molecular weight is 304 g/mol. The zero-order valence-corrected chi connectivity index (χ0v) is 11.6. The molecule has 0 spiro atoms. The van der Waals surface area contributed by atoms with Crippen LogP contribution < -0.4 is 0 Å². The van der Waals surface area contributed by atoms with Gasteiger partial charge in [0.15, 0.2) is 10.6 Å². The van der Waals surface area contributed by atoms with Gasteiger partial charge in [-0.1, -0.05) is 0 Å². The summed E-state index contributed by atoms with van der Waals surface area (Å²) in [7, 11) is 0. The number of aromatic amines is 1. The lowest BCUT2D eigenvalue weighted by Crippen LogP contribution is -1.92. The van der Waals surface area contributed by atoms with Gasteiger partial charge in [-0.25, -0.2) is 19.9 Å². The minimum Gasteiger partial charge on any atom is -0.390 e. The van der Waals surface area contributed by atoms with E-state index in [0.717, 1.165) is 26.2 Å². The number of hydrogen-bond acceptors (Lipinski definition) is 7. The number of aliphatic hydroxyl groups is 1. The van der Waals surface area contributed by atoms with Crippen molar-refractivity contribution in [2.75, 3.05) is 0 Å². The number of rotatable bonds is 3. The molecule has 0 aromatic carbocycles. The van der Waals surface area contributed by atoms with E-state index in [1.54, 1.807) is 6.33 Å². The molecule has 0 aliphatic carbocycles. The van der Waals surface area contributed by atoms with Crippen LogP contribution in [0.25, 0.3) is 16.1 Å². The lowest BCUT2D eigenvalue weighted by atomic mass is 10.5. The Balaban J connectivity index is 1.84. The molecule has 0 saturated heterocycles. The number of H-pyrrole nitrogens is 1. The van der Waals surface area contributed by atoms with Gasteiger partial charge >= 0.3 is 0 Å². The standard InChI is InChI=1S/C11H8N6OS2/c18-3-6-9(16-11-17(6)1-2-19-11)20-10-7-8(13-4-12-7)14-5-15-10/h1-2,4-5,18H,3H2,(H,12,13,14,15). The Morgan fingerprint density at radius 3 is 3.15 bits per heavy atom. The smallest absolute Gasteiger partial charge is 0.195 e. The Bertz CT molecular complexity index is 895. The molecule has 4 heterocycles. The fourth-order valence-electron chi connectivity index (χ4n) is 1.95. The number of fused-ring (bicyclic) bond motifs is 2. The second-order valence-corrected chi connectivity index (χ2v) is 5.81. The highest BCUT2D eigenvalue weighted by Crippen LogP contribution is 2.33. The molecule has 0 saturated carbocycles. The molecular formula is C11H8N6OS2. The van der Waals surface area contributed by atoms with Gasteiger partial charge in [-0.05, 0) is 11.8 Å². The molecule has 20 heavy (non-hydrogen) atoms. The number of nitrogens with zero attached hydrogens (tertiary/aromatic N) is 5. The Labute approximate surface area is 120 Å². The van der Waals surface area contributed by atoms with Gasteiger partial charge in [0.25, 0.3) is 0 Å². The van der Waals surface area contributed by atoms with Gasteiger partial charge in [-0.2, -0.15) is 0 Å². The predicted octanol–water partition coefficient (Wildman–Crippen LogP) is 1.71. The molecule has 0 fully saturated rings. The first-order valence-electron chi connectivity index (χ1n) is 5.74. The predicted molar refractivity (Wildman–Crippen MR) is 74.8 cm³/mol. The van der Waals surface area contributed by atoms with Crippen molar-refractivity contribution in [2.24, 2.45) is 0 Å². The van der Waals surface area contributed by atoms with Gasteiger partial charge in [0, 0.05) is 11.6 Å². The van der Waals surface area contributed by atoms with E-state index in [1.165, 1.54) is 29.4 Å². The topological polar surface area (TPSA) is 92.0 Å². The number of thiazole rings is 1. The van der Waals surface area contributed by atoms with Crippen LogP contribution in [-0.2, 0) is 6.61 Å². The largest absolute Gasteiger partial charge is 0.390 e. The lowest BCUT2D eigenvalue weighted by Gasteiger charge is -2.01. The maximum Gasteiger partial charge on any atom is 0.195 e. The second kappa shape index (κ2) is 4.54. The van der Waals surface area contributed by atoms with Crippen molar-refractivity contribution in [3.05, 3.63) is 29.9 Å². The summed E-state index contributed by atoms with van der Waals surface area (Å²) >= 11 is 2.92. The first-order chi connectivity index (χ1) is 9.86. The van der Waals surface area contributed by atoms with E-state index in [-0.39, 0.29) is 6.61 Å². The van der Waals surface area contributed by atoms with E-state index < -0.39 is 0 Å². The molecule has 9 heteroatoms. The minimum atomic E-state index is -0.0720. The van der Waals surface area contributed by atoms with Gasteiger partial charge in [-0.15, -0.1) is 11.3 Å². The van der Waals surface area contributed by atoms with Gasteiger partial charge in [0.2, 0.25) is 0 Å². The third-order valence-corrected chi connectivity index (χ3v) is 4.64. The van der Waals surface area contributed by atoms with Gasteiger partial charge in [0.05, 0.1) is 18.6 Å². The zero-order valence-electron chi connectivity index (χ0n) is 10.0. The van der Waals surface area contributed by atoms with E-state index in [0.29, 0.717) is 5.65 Å². The summed E-state index contributed by atoms with van der Waals surface area (Å²) in [4.78, 5) is 20.8. The number of imidazole rings is 2.